The van der Waals surface area contributed by atoms with Crippen molar-refractivity contribution in [3.8, 4) is 0 Å². The number of fused-ring (bicyclic) bond motifs is 1. The second-order valence-corrected chi connectivity index (χ2v) is 7.59. The van der Waals surface area contributed by atoms with E-state index >= 15 is 0 Å². The van der Waals surface area contributed by atoms with Gasteiger partial charge in [-0.25, -0.2) is 9.78 Å². The lowest BCUT2D eigenvalue weighted by molar-refractivity contribution is 0.0704. The number of likely N-dealkylation sites (tertiary alicyclic amines) is 1. The van der Waals surface area contributed by atoms with Gasteiger partial charge in [-0.1, -0.05) is 12.1 Å². The number of benzene rings is 1. The second-order valence-electron chi connectivity index (χ2n) is 6.52. The summed E-state index contributed by atoms with van der Waals surface area (Å²) in [5.41, 5.74) is -0.194. The Morgan fingerprint density at radius 3 is 2.92 bits per heavy atom. The first-order valence-electron chi connectivity index (χ1n) is 8.47. The average Bonchev–Trinajstić information content (AvgIpc) is 3.08. The number of aromatic amines is 1. The van der Waals surface area contributed by atoms with Crippen molar-refractivity contribution in [3.63, 3.8) is 0 Å². The second kappa shape index (κ2) is 6.53. The number of thiazole rings is 1. The normalized spacial score (nSPS) is 17.6. The summed E-state index contributed by atoms with van der Waals surface area (Å²) in [6.45, 7) is 1.13. The molecule has 2 aromatic heterocycles. The minimum Gasteiger partial charge on any atom is -0.338 e. The predicted molar refractivity (Wildman–Crippen MR) is 99.8 cm³/mol. The molecule has 1 amide bonds. The third kappa shape index (κ3) is 2.96. The molecule has 0 radical (unpaired) electrons. The van der Waals surface area contributed by atoms with Crippen LogP contribution in [0.5, 0.6) is 0 Å². The minimum atomic E-state index is -0.639. The quantitative estimate of drug-likeness (QED) is 0.744. The maximum atomic E-state index is 12.8. The summed E-state index contributed by atoms with van der Waals surface area (Å²) in [7, 11) is 1.51. The van der Waals surface area contributed by atoms with E-state index in [9.17, 15) is 14.4 Å². The number of carbonyl (C=O) groups excluding carboxylic acids is 1. The summed E-state index contributed by atoms with van der Waals surface area (Å²) in [5.74, 6) is -0.177. The van der Waals surface area contributed by atoms with Gasteiger partial charge < -0.3 is 9.47 Å². The molecule has 0 unspecified atom stereocenters. The Balaban J connectivity index is 1.60. The van der Waals surface area contributed by atoms with Gasteiger partial charge in [0.15, 0.2) is 0 Å². The minimum absolute atomic E-state index is 0.00273. The standard InChI is InChI=1S/C18H18N4O3S/c1-21-10-12(15(23)20-18(21)25)17(24)22-8-4-5-11(9-22)16-19-13-6-2-3-7-14(13)26-16/h2-3,6-7,10-11H,4-5,8-9H2,1H3,(H,20,23,25)/t11-/m0/s1. The molecule has 3 aromatic rings. The van der Waals surface area contributed by atoms with Gasteiger partial charge in [0.1, 0.15) is 5.56 Å². The number of rotatable bonds is 2. The Kier molecular flexibility index (Phi) is 4.20. The number of nitrogens with zero attached hydrogens (tertiary/aromatic N) is 3. The number of amides is 1. The SMILES string of the molecule is Cn1cc(C(=O)N2CCC[C@H](c3nc4ccccc4s3)C2)c(=O)[nH]c1=O. The first-order chi connectivity index (χ1) is 12.5. The van der Waals surface area contributed by atoms with Gasteiger partial charge in [0.2, 0.25) is 0 Å². The molecule has 1 aliphatic rings. The lowest BCUT2D eigenvalue weighted by Gasteiger charge is -2.31. The van der Waals surface area contributed by atoms with E-state index in [0.717, 1.165) is 28.1 Å². The maximum Gasteiger partial charge on any atom is 0.328 e. The number of H-pyrrole nitrogens is 1. The number of aryl methyl sites for hydroxylation is 1. The summed E-state index contributed by atoms with van der Waals surface area (Å²) in [4.78, 5) is 44.9. The zero-order valence-electron chi connectivity index (χ0n) is 14.3. The maximum absolute atomic E-state index is 12.8. The monoisotopic (exact) mass is 370 g/mol. The van der Waals surface area contributed by atoms with E-state index in [-0.39, 0.29) is 17.4 Å². The summed E-state index contributed by atoms with van der Waals surface area (Å²) in [6.07, 6.45) is 3.13. The van der Waals surface area contributed by atoms with Gasteiger partial charge in [0, 0.05) is 32.3 Å². The Morgan fingerprint density at radius 1 is 1.31 bits per heavy atom. The van der Waals surface area contributed by atoms with Gasteiger partial charge in [0.05, 0.1) is 15.2 Å². The van der Waals surface area contributed by atoms with Gasteiger partial charge in [-0.2, -0.15) is 0 Å². The fourth-order valence-corrected chi connectivity index (χ4v) is 4.41. The fourth-order valence-electron chi connectivity index (χ4n) is 3.31. The van der Waals surface area contributed by atoms with Crippen molar-refractivity contribution in [2.75, 3.05) is 13.1 Å². The van der Waals surface area contributed by atoms with Crippen molar-refractivity contribution in [1.82, 2.24) is 19.4 Å². The lowest BCUT2D eigenvalue weighted by Crippen LogP contribution is -2.42. The topological polar surface area (TPSA) is 88.1 Å². The number of nitrogens with one attached hydrogen (secondary N) is 1. The molecule has 1 fully saturated rings. The van der Waals surface area contributed by atoms with Crippen LogP contribution in [-0.4, -0.2) is 38.4 Å². The molecule has 7 nitrogen and oxygen atoms in total. The predicted octanol–water partition coefficient (Wildman–Crippen LogP) is 1.70. The molecule has 0 saturated carbocycles. The third-order valence-corrected chi connectivity index (χ3v) is 5.91. The molecule has 0 bridgehead atoms. The number of para-hydroxylation sites is 1. The highest BCUT2D eigenvalue weighted by Crippen LogP contribution is 2.33. The van der Waals surface area contributed by atoms with E-state index in [2.05, 4.69) is 4.98 Å². The van der Waals surface area contributed by atoms with Crippen LogP contribution >= 0.6 is 11.3 Å². The number of aromatic nitrogens is 3. The van der Waals surface area contributed by atoms with Crippen molar-refractivity contribution in [2.24, 2.45) is 7.05 Å². The summed E-state index contributed by atoms with van der Waals surface area (Å²) in [6, 6.07) is 8.00. The van der Waals surface area contributed by atoms with Crippen molar-refractivity contribution in [1.29, 1.82) is 0 Å². The van der Waals surface area contributed by atoms with Crippen LogP contribution in [0.25, 0.3) is 10.2 Å². The Hall–Kier alpha value is -2.74. The Morgan fingerprint density at radius 2 is 2.12 bits per heavy atom. The molecule has 1 N–H and O–H groups in total. The molecule has 134 valence electrons. The molecule has 1 aliphatic heterocycles. The molecule has 1 aromatic carbocycles. The number of hydrogen-bond donors (Lipinski definition) is 1. The van der Waals surface area contributed by atoms with E-state index in [0.29, 0.717) is 13.1 Å². The number of piperidine rings is 1. The van der Waals surface area contributed by atoms with Crippen LogP contribution in [0.3, 0.4) is 0 Å². The van der Waals surface area contributed by atoms with E-state index in [1.807, 2.05) is 24.3 Å². The number of carbonyl (C=O) groups is 1. The van der Waals surface area contributed by atoms with Crippen LogP contribution in [0.1, 0.15) is 34.1 Å². The van der Waals surface area contributed by atoms with E-state index in [4.69, 9.17) is 4.98 Å². The van der Waals surface area contributed by atoms with Crippen LogP contribution in [0.4, 0.5) is 0 Å². The smallest absolute Gasteiger partial charge is 0.328 e. The highest BCUT2D eigenvalue weighted by atomic mass is 32.1. The molecule has 4 rings (SSSR count). The molecule has 8 heteroatoms. The molecule has 1 atom stereocenters. The first-order valence-corrected chi connectivity index (χ1v) is 9.29. The van der Waals surface area contributed by atoms with Gasteiger partial charge in [0.25, 0.3) is 11.5 Å². The lowest BCUT2D eigenvalue weighted by atomic mass is 9.98. The fraction of sp³-hybridized carbons (Fsp3) is 0.333. The Bertz CT molecular complexity index is 1060. The summed E-state index contributed by atoms with van der Waals surface area (Å²) < 4.78 is 2.35. The van der Waals surface area contributed by atoms with E-state index in [1.165, 1.54) is 17.8 Å². The number of hydrogen-bond acceptors (Lipinski definition) is 5. The molecular weight excluding hydrogens is 352 g/mol. The largest absolute Gasteiger partial charge is 0.338 e. The Labute approximate surface area is 152 Å². The molecular formula is C18H18N4O3S. The highest BCUT2D eigenvalue weighted by Gasteiger charge is 2.28. The van der Waals surface area contributed by atoms with Crippen LogP contribution in [0, 0.1) is 0 Å². The highest BCUT2D eigenvalue weighted by molar-refractivity contribution is 7.18. The zero-order valence-corrected chi connectivity index (χ0v) is 15.1. The van der Waals surface area contributed by atoms with E-state index in [1.54, 1.807) is 16.2 Å². The molecule has 26 heavy (non-hydrogen) atoms. The van der Waals surface area contributed by atoms with Gasteiger partial charge in [-0.15, -0.1) is 11.3 Å². The first kappa shape index (κ1) is 16.7. The van der Waals surface area contributed by atoms with Crippen molar-refractivity contribution < 1.29 is 4.79 Å². The molecule has 0 aliphatic carbocycles. The van der Waals surface area contributed by atoms with Crippen molar-refractivity contribution in [3.05, 3.63) is 61.9 Å². The molecule has 0 spiro atoms. The van der Waals surface area contributed by atoms with Crippen molar-refractivity contribution >= 4 is 27.5 Å². The summed E-state index contributed by atoms with van der Waals surface area (Å²) in [5, 5.41) is 1.03. The average molecular weight is 370 g/mol. The van der Waals surface area contributed by atoms with Gasteiger partial charge >= 0.3 is 5.69 Å². The van der Waals surface area contributed by atoms with Gasteiger partial charge in [-0.3, -0.25) is 14.6 Å². The molecule has 1 saturated heterocycles. The molecule has 3 heterocycles. The third-order valence-electron chi connectivity index (χ3n) is 4.71. The van der Waals surface area contributed by atoms with Crippen LogP contribution < -0.4 is 11.2 Å². The van der Waals surface area contributed by atoms with E-state index < -0.39 is 11.2 Å². The van der Waals surface area contributed by atoms with Crippen LogP contribution in [-0.2, 0) is 7.05 Å². The zero-order chi connectivity index (χ0) is 18.3. The van der Waals surface area contributed by atoms with Crippen LogP contribution in [0.2, 0.25) is 0 Å². The van der Waals surface area contributed by atoms with Crippen LogP contribution in [0.15, 0.2) is 40.1 Å². The van der Waals surface area contributed by atoms with Crippen molar-refractivity contribution in [2.45, 2.75) is 18.8 Å². The van der Waals surface area contributed by atoms with Gasteiger partial charge in [-0.05, 0) is 25.0 Å². The summed E-state index contributed by atoms with van der Waals surface area (Å²) >= 11 is 1.66.